The maximum atomic E-state index is 5.49. The normalized spacial score (nSPS) is 11.2. The molecule has 0 atom stereocenters. The van der Waals surface area contributed by atoms with E-state index in [0.717, 1.165) is 37.6 Å². The van der Waals surface area contributed by atoms with Crippen molar-refractivity contribution in [3.05, 3.63) is 17.8 Å². The average molecular weight is 226 g/mol. The first-order valence-corrected chi connectivity index (χ1v) is 5.85. The van der Waals surface area contributed by atoms with E-state index in [9.17, 15) is 0 Å². The topological polar surface area (TPSA) is 47.3 Å². The molecule has 0 amide bonds. The zero-order valence-electron chi connectivity index (χ0n) is 10.5. The maximum absolute atomic E-state index is 5.49. The van der Waals surface area contributed by atoms with Crippen LogP contribution >= 0.6 is 0 Å². The molecule has 0 unspecified atom stereocenters. The van der Waals surface area contributed by atoms with Crippen LogP contribution in [0.15, 0.2) is 10.6 Å². The largest absolute Gasteiger partial charge is 0.443 e. The van der Waals surface area contributed by atoms with Gasteiger partial charge in [-0.15, -0.1) is 0 Å². The summed E-state index contributed by atoms with van der Waals surface area (Å²) in [6.07, 6.45) is 3.68. The number of hydrogen-bond acceptors (Lipinski definition) is 4. The lowest BCUT2D eigenvalue weighted by Gasteiger charge is -2.05. The number of rotatable bonds is 8. The van der Waals surface area contributed by atoms with Crippen LogP contribution in [0.1, 0.15) is 31.9 Å². The average Bonchev–Trinajstić information content (AvgIpc) is 2.65. The van der Waals surface area contributed by atoms with Gasteiger partial charge in [0.2, 0.25) is 0 Å². The van der Waals surface area contributed by atoms with E-state index in [4.69, 9.17) is 9.15 Å². The fourth-order valence-electron chi connectivity index (χ4n) is 1.43. The molecule has 1 aromatic rings. The Kier molecular flexibility index (Phi) is 6.11. The van der Waals surface area contributed by atoms with Gasteiger partial charge in [-0.25, -0.2) is 4.98 Å². The molecule has 1 N–H and O–H groups in total. The fraction of sp³-hybridized carbons (Fsp3) is 0.750. The van der Waals surface area contributed by atoms with Crippen molar-refractivity contribution < 1.29 is 9.15 Å². The monoisotopic (exact) mass is 226 g/mol. The number of nitrogens with one attached hydrogen (secondary N) is 1. The zero-order valence-corrected chi connectivity index (χ0v) is 10.5. The van der Waals surface area contributed by atoms with Crippen LogP contribution in [-0.4, -0.2) is 25.2 Å². The second kappa shape index (κ2) is 7.41. The van der Waals surface area contributed by atoms with Gasteiger partial charge in [0.1, 0.15) is 12.4 Å². The van der Waals surface area contributed by atoms with Crippen LogP contribution in [0, 0.1) is 5.92 Å². The molecule has 1 aromatic heterocycles. The van der Waals surface area contributed by atoms with Crippen LogP contribution in [0.5, 0.6) is 0 Å². The van der Waals surface area contributed by atoms with Crippen LogP contribution in [0.2, 0.25) is 0 Å². The molecule has 0 spiro atoms. The number of nitrogens with zero attached hydrogens (tertiary/aromatic N) is 1. The molecule has 0 fully saturated rings. The molecule has 0 aliphatic heterocycles. The van der Waals surface area contributed by atoms with Crippen molar-refractivity contribution in [1.29, 1.82) is 0 Å². The van der Waals surface area contributed by atoms with Gasteiger partial charge in [-0.2, -0.15) is 0 Å². The summed E-state index contributed by atoms with van der Waals surface area (Å²) in [5.74, 6) is 2.31. The Bertz CT molecular complexity index is 284. The summed E-state index contributed by atoms with van der Waals surface area (Å²) in [5.41, 5.74) is 0. The molecule has 0 saturated heterocycles. The van der Waals surface area contributed by atoms with E-state index in [1.807, 2.05) is 0 Å². The molecular formula is C12H22N2O2. The highest BCUT2D eigenvalue weighted by atomic mass is 16.5. The van der Waals surface area contributed by atoms with Gasteiger partial charge in [-0.1, -0.05) is 13.8 Å². The third-order valence-electron chi connectivity index (χ3n) is 2.18. The lowest BCUT2D eigenvalue weighted by molar-refractivity contribution is 0.162. The second-order valence-corrected chi connectivity index (χ2v) is 4.35. The summed E-state index contributed by atoms with van der Waals surface area (Å²) >= 11 is 0. The summed E-state index contributed by atoms with van der Waals surface area (Å²) < 4.78 is 10.5. The molecule has 92 valence electrons. The van der Waals surface area contributed by atoms with Crippen molar-refractivity contribution in [2.45, 2.75) is 33.3 Å². The Hall–Kier alpha value is -0.870. The van der Waals surface area contributed by atoms with Crippen molar-refractivity contribution in [2.24, 2.45) is 5.92 Å². The van der Waals surface area contributed by atoms with Crippen LogP contribution in [0.3, 0.4) is 0 Å². The van der Waals surface area contributed by atoms with Crippen molar-refractivity contribution in [3.63, 3.8) is 0 Å². The van der Waals surface area contributed by atoms with Gasteiger partial charge in [-0.05, 0) is 25.4 Å². The first kappa shape index (κ1) is 13.2. The van der Waals surface area contributed by atoms with Crippen LogP contribution in [0.25, 0.3) is 0 Å². The van der Waals surface area contributed by atoms with Crippen molar-refractivity contribution >= 4 is 0 Å². The maximum Gasteiger partial charge on any atom is 0.194 e. The minimum atomic E-state index is 0.499. The van der Waals surface area contributed by atoms with E-state index in [0.29, 0.717) is 12.5 Å². The lowest BCUT2D eigenvalue weighted by Crippen LogP contribution is -2.21. The van der Waals surface area contributed by atoms with Crippen molar-refractivity contribution in [1.82, 2.24) is 10.3 Å². The van der Waals surface area contributed by atoms with Gasteiger partial charge in [0.25, 0.3) is 0 Å². The molecule has 0 saturated carbocycles. The molecule has 0 aliphatic carbocycles. The number of aromatic nitrogens is 1. The highest BCUT2D eigenvalue weighted by molar-refractivity contribution is 4.92. The molecule has 1 rings (SSSR count). The highest BCUT2D eigenvalue weighted by Gasteiger charge is 2.03. The molecule has 1 heterocycles. The molecule has 0 aliphatic rings. The first-order valence-electron chi connectivity index (χ1n) is 5.85. The van der Waals surface area contributed by atoms with Gasteiger partial charge in [0, 0.05) is 13.5 Å². The Morgan fingerprint density at radius 1 is 1.50 bits per heavy atom. The van der Waals surface area contributed by atoms with Crippen molar-refractivity contribution in [3.8, 4) is 0 Å². The predicted octanol–water partition coefficient (Wildman–Crippen LogP) is 2.00. The first-order chi connectivity index (χ1) is 7.72. The Morgan fingerprint density at radius 2 is 2.31 bits per heavy atom. The Morgan fingerprint density at radius 3 is 3.00 bits per heavy atom. The van der Waals surface area contributed by atoms with E-state index in [1.165, 1.54) is 0 Å². The number of methoxy groups -OCH3 is 1. The van der Waals surface area contributed by atoms with Crippen molar-refractivity contribution in [2.75, 3.05) is 20.2 Å². The summed E-state index contributed by atoms with van der Waals surface area (Å²) in [6.45, 7) is 7.00. The van der Waals surface area contributed by atoms with E-state index < -0.39 is 0 Å². The number of ether oxygens (including phenoxy) is 1. The van der Waals surface area contributed by atoms with Gasteiger partial charge in [-0.3, -0.25) is 0 Å². The third-order valence-corrected chi connectivity index (χ3v) is 2.18. The minimum absolute atomic E-state index is 0.499. The fourth-order valence-corrected chi connectivity index (χ4v) is 1.43. The Balaban J connectivity index is 2.12. The number of oxazole rings is 1. The molecule has 0 radical (unpaired) electrons. The smallest absolute Gasteiger partial charge is 0.194 e. The van der Waals surface area contributed by atoms with E-state index in [-0.39, 0.29) is 0 Å². The third kappa shape index (κ3) is 5.28. The highest BCUT2D eigenvalue weighted by Crippen LogP contribution is 2.06. The molecule has 4 nitrogen and oxygen atoms in total. The molecule has 4 heteroatoms. The molecule has 16 heavy (non-hydrogen) atoms. The van der Waals surface area contributed by atoms with Gasteiger partial charge < -0.3 is 14.5 Å². The molecule has 0 aromatic carbocycles. The summed E-state index contributed by atoms with van der Waals surface area (Å²) in [7, 11) is 1.65. The van der Waals surface area contributed by atoms with Crippen LogP contribution in [-0.2, 0) is 17.8 Å². The number of hydrogen-bond donors (Lipinski definition) is 1. The minimum Gasteiger partial charge on any atom is -0.443 e. The lowest BCUT2D eigenvalue weighted by atomic mass is 10.2. The van der Waals surface area contributed by atoms with Crippen LogP contribution in [0.4, 0.5) is 0 Å². The molecular weight excluding hydrogens is 204 g/mol. The van der Waals surface area contributed by atoms with Crippen LogP contribution < -0.4 is 5.32 Å². The van der Waals surface area contributed by atoms with E-state index in [1.54, 1.807) is 13.3 Å². The predicted molar refractivity (Wildman–Crippen MR) is 63.2 cm³/mol. The Labute approximate surface area is 97.4 Å². The van der Waals surface area contributed by atoms with E-state index >= 15 is 0 Å². The quantitative estimate of drug-likeness (QED) is 0.689. The van der Waals surface area contributed by atoms with Gasteiger partial charge >= 0.3 is 0 Å². The van der Waals surface area contributed by atoms with Gasteiger partial charge in [0.15, 0.2) is 5.89 Å². The second-order valence-electron chi connectivity index (χ2n) is 4.35. The van der Waals surface area contributed by atoms with E-state index in [2.05, 4.69) is 24.1 Å². The number of aryl methyl sites for hydroxylation is 1. The summed E-state index contributed by atoms with van der Waals surface area (Å²) in [4.78, 5) is 4.19. The van der Waals surface area contributed by atoms with Gasteiger partial charge in [0.05, 0.1) is 6.20 Å². The zero-order chi connectivity index (χ0) is 11.8. The molecule has 0 bridgehead atoms. The standard InChI is InChI=1S/C12H22N2O2/c1-10(2)7-13-6-4-5-12-14-8-11(16-12)9-15-3/h8,10,13H,4-7,9H2,1-3H3. The summed E-state index contributed by atoms with van der Waals surface area (Å²) in [6, 6.07) is 0. The SMILES string of the molecule is COCc1cnc(CCCNCC(C)C)o1. The summed E-state index contributed by atoms with van der Waals surface area (Å²) in [5, 5.41) is 3.39.